The van der Waals surface area contributed by atoms with Crippen molar-refractivity contribution in [3.63, 3.8) is 0 Å². The van der Waals surface area contributed by atoms with Crippen molar-refractivity contribution in [3.05, 3.63) is 33.8 Å². The molecule has 0 radical (unpaired) electrons. The van der Waals surface area contributed by atoms with Gasteiger partial charge in [0.05, 0.1) is 12.7 Å². The first kappa shape index (κ1) is 15.2. The van der Waals surface area contributed by atoms with Crippen LogP contribution in [-0.2, 0) is 4.74 Å². The zero-order chi connectivity index (χ0) is 13.7. The largest absolute Gasteiger partial charge is 0.377 e. The molecule has 0 saturated carbocycles. The third-order valence-corrected chi connectivity index (χ3v) is 3.15. The van der Waals surface area contributed by atoms with Crippen LogP contribution in [0.3, 0.4) is 0 Å². The lowest BCUT2D eigenvalue weighted by Crippen LogP contribution is -2.31. The number of ether oxygens (including phenoxy) is 1. The molecule has 0 bridgehead atoms. The molecule has 3 nitrogen and oxygen atoms in total. The average Bonchev–Trinajstić information content (AvgIpc) is 2.30. The molecule has 0 aromatic heterocycles. The van der Waals surface area contributed by atoms with E-state index >= 15 is 0 Å². The van der Waals surface area contributed by atoms with Crippen LogP contribution in [0.2, 0.25) is 0 Å². The fourth-order valence-electron chi connectivity index (χ4n) is 1.56. The number of nitrogens with zero attached hydrogens (tertiary/aromatic N) is 1. The highest BCUT2D eigenvalue weighted by atomic mass is 79.9. The smallest absolute Gasteiger partial charge is 0.253 e. The van der Waals surface area contributed by atoms with Crippen molar-refractivity contribution in [3.8, 4) is 0 Å². The SMILES string of the molecule is Cc1ccc(Br)cc1C(=O)N(C)CCOC(C)C. The highest BCUT2D eigenvalue weighted by Crippen LogP contribution is 2.17. The molecule has 0 heterocycles. The summed E-state index contributed by atoms with van der Waals surface area (Å²) in [6.07, 6.45) is 0.195. The first-order chi connectivity index (χ1) is 8.41. The molecule has 18 heavy (non-hydrogen) atoms. The van der Waals surface area contributed by atoms with Crippen LogP contribution < -0.4 is 0 Å². The molecule has 100 valence electrons. The summed E-state index contributed by atoms with van der Waals surface area (Å²) in [7, 11) is 1.80. The van der Waals surface area contributed by atoms with Crippen LogP contribution in [-0.4, -0.2) is 37.1 Å². The van der Waals surface area contributed by atoms with Gasteiger partial charge >= 0.3 is 0 Å². The van der Waals surface area contributed by atoms with Gasteiger partial charge in [-0.1, -0.05) is 22.0 Å². The van der Waals surface area contributed by atoms with Crippen LogP contribution >= 0.6 is 15.9 Å². The minimum Gasteiger partial charge on any atom is -0.377 e. The molecule has 1 aromatic rings. The van der Waals surface area contributed by atoms with Gasteiger partial charge in [0.1, 0.15) is 0 Å². The van der Waals surface area contributed by atoms with E-state index < -0.39 is 0 Å². The maximum Gasteiger partial charge on any atom is 0.253 e. The Morgan fingerprint density at radius 2 is 2.11 bits per heavy atom. The Bertz CT molecular complexity index is 418. The van der Waals surface area contributed by atoms with E-state index in [0.717, 1.165) is 15.6 Å². The molecule has 0 N–H and O–H groups in total. The number of carbonyl (C=O) groups is 1. The molecule has 1 rings (SSSR count). The first-order valence-corrected chi connectivity index (χ1v) is 6.84. The minimum atomic E-state index is 0.0288. The molecule has 1 amide bonds. The lowest BCUT2D eigenvalue weighted by atomic mass is 10.1. The molecule has 0 aliphatic heterocycles. The second kappa shape index (κ2) is 6.90. The predicted molar refractivity (Wildman–Crippen MR) is 76.9 cm³/mol. The normalized spacial score (nSPS) is 10.8. The molecule has 0 atom stereocenters. The van der Waals surface area contributed by atoms with Crippen LogP contribution in [0.1, 0.15) is 29.8 Å². The Balaban J connectivity index is 2.65. The second-order valence-electron chi connectivity index (χ2n) is 4.61. The second-order valence-corrected chi connectivity index (χ2v) is 5.52. The maximum atomic E-state index is 12.2. The van der Waals surface area contributed by atoms with Gasteiger partial charge in [0.25, 0.3) is 5.91 Å². The van der Waals surface area contributed by atoms with Crippen molar-refractivity contribution in [2.24, 2.45) is 0 Å². The maximum absolute atomic E-state index is 12.2. The van der Waals surface area contributed by atoms with Crippen molar-refractivity contribution in [2.45, 2.75) is 26.9 Å². The molecular weight excluding hydrogens is 294 g/mol. The fraction of sp³-hybridized carbons (Fsp3) is 0.500. The number of benzene rings is 1. The summed E-state index contributed by atoms with van der Waals surface area (Å²) in [4.78, 5) is 13.9. The lowest BCUT2D eigenvalue weighted by Gasteiger charge is -2.19. The summed E-state index contributed by atoms with van der Waals surface area (Å²) < 4.78 is 6.37. The van der Waals surface area contributed by atoms with Gasteiger partial charge in [-0.15, -0.1) is 0 Å². The van der Waals surface area contributed by atoms with Crippen molar-refractivity contribution in [1.82, 2.24) is 4.90 Å². The van der Waals surface area contributed by atoms with Crippen molar-refractivity contribution >= 4 is 21.8 Å². The summed E-state index contributed by atoms with van der Waals surface area (Å²) in [6, 6.07) is 5.74. The molecule has 0 fully saturated rings. The Hall–Kier alpha value is -0.870. The molecule has 4 heteroatoms. The van der Waals surface area contributed by atoms with E-state index in [-0.39, 0.29) is 12.0 Å². The standard InChI is InChI=1S/C14H20BrNO2/c1-10(2)18-8-7-16(4)14(17)13-9-12(15)6-5-11(13)3/h5-6,9-10H,7-8H2,1-4H3. The van der Waals surface area contributed by atoms with Crippen molar-refractivity contribution in [1.29, 1.82) is 0 Å². The Labute approximate surface area is 117 Å². The molecule has 0 aliphatic carbocycles. The van der Waals surface area contributed by atoms with Crippen LogP contribution in [0.5, 0.6) is 0 Å². The predicted octanol–water partition coefficient (Wildman–Crippen LogP) is 3.25. The fourth-order valence-corrected chi connectivity index (χ4v) is 1.92. The van der Waals surface area contributed by atoms with Crippen molar-refractivity contribution < 1.29 is 9.53 Å². The van der Waals surface area contributed by atoms with Gasteiger partial charge in [0, 0.05) is 23.6 Å². The van der Waals surface area contributed by atoms with Gasteiger partial charge in [-0.3, -0.25) is 4.79 Å². The highest BCUT2D eigenvalue weighted by molar-refractivity contribution is 9.10. The van der Waals surface area contributed by atoms with Gasteiger partial charge in [-0.25, -0.2) is 0 Å². The summed E-state index contributed by atoms with van der Waals surface area (Å²) in [5.74, 6) is 0.0288. The van der Waals surface area contributed by atoms with Crippen molar-refractivity contribution in [2.75, 3.05) is 20.2 Å². The van der Waals surface area contributed by atoms with Gasteiger partial charge in [-0.05, 0) is 38.5 Å². The van der Waals surface area contributed by atoms with E-state index in [1.807, 2.05) is 39.0 Å². The number of hydrogen-bond donors (Lipinski definition) is 0. The summed E-state index contributed by atoms with van der Waals surface area (Å²) in [5, 5.41) is 0. The average molecular weight is 314 g/mol. The highest BCUT2D eigenvalue weighted by Gasteiger charge is 2.14. The van der Waals surface area contributed by atoms with E-state index in [0.29, 0.717) is 13.2 Å². The molecular formula is C14H20BrNO2. The molecule has 0 aliphatic rings. The third-order valence-electron chi connectivity index (χ3n) is 2.65. The Morgan fingerprint density at radius 3 is 2.72 bits per heavy atom. The van der Waals surface area contributed by atoms with Gasteiger partial charge in [-0.2, -0.15) is 0 Å². The first-order valence-electron chi connectivity index (χ1n) is 6.05. The summed E-state index contributed by atoms with van der Waals surface area (Å²) in [5.41, 5.74) is 1.72. The van der Waals surface area contributed by atoms with E-state index in [1.165, 1.54) is 0 Å². The van der Waals surface area contributed by atoms with Gasteiger partial charge < -0.3 is 9.64 Å². The Morgan fingerprint density at radius 1 is 1.44 bits per heavy atom. The van der Waals surface area contributed by atoms with E-state index in [1.54, 1.807) is 11.9 Å². The molecule has 0 saturated heterocycles. The Kier molecular flexibility index (Phi) is 5.82. The molecule has 0 unspecified atom stereocenters. The lowest BCUT2D eigenvalue weighted by molar-refractivity contribution is 0.0531. The topological polar surface area (TPSA) is 29.5 Å². The van der Waals surface area contributed by atoms with E-state index in [2.05, 4.69) is 15.9 Å². The number of amides is 1. The monoisotopic (exact) mass is 313 g/mol. The molecule has 0 spiro atoms. The number of hydrogen-bond acceptors (Lipinski definition) is 2. The molecule has 1 aromatic carbocycles. The van der Waals surface area contributed by atoms with Crippen LogP contribution in [0, 0.1) is 6.92 Å². The zero-order valence-electron chi connectivity index (χ0n) is 11.4. The van der Waals surface area contributed by atoms with Crippen LogP contribution in [0.25, 0.3) is 0 Å². The summed E-state index contributed by atoms with van der Waals surface area (Å²) in [6.45, 7) is 7.08. The summed E-state index contributed by atoms with van der Waals surface area (Å²) >= 11 is 3.39. The van der Waals surface area contributed by atoms with Crippen LogP contribution in [0.4, 0.5) is 0 Å². The number of carbonyl (C=O) groups excluding carboxylic acids is 1. The van der Waals surface area contributed by atoms with E-state index in [9.17, 15) is 4.79 Å². The van der Waals surface area contributed by atoms with Crippen LogP contribution in [0.15, 0.2) is 22.7 Å². The number of rotatable bonds is 5. The number of likely N-dealkylation sites (N-methyl/N-ethyl adjacent to an activating group) is 1. The number of halogens is 1. The quantitative estimate of drug-likeness (QED) is 0.835. The van der Waals surface area contributed by atoms with Gasteiger partial charge in [0.2, 0.25) is 0 Å². The van der Waals surface area contributed by atoms with E-state index in [4.69, 9.17) is 4.74 Å². The number of aryl methyl sites for hydroxylation is 1. The minimum absolute atomic E-state index is 0.0288. The zero-order valence-corrected chi connectivity index (χ0v) is 13.0. The van der Waals surface area contributed by atoms with Gasteiger partial charge in [0.15, 0.2) is 0 Å². The third kappa shape index (κ3) is 4.42.